The van der Waals surface area contributed by atoms with E-state index in [1.807, 2.05) is 19.1 Å². The number of hydrogen-bond acceptors (Lipinski definition) is 4. The second-order valence-electron chi connectivity index (χ2n) is 5.48. The number of aryl methyl sites for hydroxylation is 2. The molecule has 1 heterocycles. The highest BCUT2D eigenvalue weighted by atomic mass is 19.1. The van der Waals surface area contributed by atoms with Crippen LogP contribution in [0.1, 0.15) is 21.5 Å². The fraction of sp³-hybridized carbons (Fsp3) is 0.105. The van der Waals surface area contributed by atoms with E-state index in [4.69, 9.17) is 4.74 Å². The largest absolute Gasteiger partial charge is 0.423 e. The molecule has 0 amide bonds. The molecule has 3 aromatic rings. The van der Waals surface area contributed by atoms with E-state index in [0.29, 0.717) is 11.3 Å². The van der Waals surface area contributed by atoms with Crippen LogP contribution in [0.2, 0.25) is 0 Å². The van der Waals surface area contributed by atoms with Gasteiger partial charge < -0.3 is 4.74 Å². The minimum absolute atomic E-state index is 0.201. The minimum Gasteiger partial charge on any atom is -0.423 e. The Morgan fingerprint density at radius 3 is 2.21 bits per heavy atom. The van der Waals surface area contributed by atoms with Gasteiger partial charge in [0.05, 0.1) is 11.1 Å². The molecular formula is C19H15FN2O2. The van der Waals surface area contributed by atoms with E-state index in [1.54, 1.807) is 31.2 Å². The van der Waals surface area contributed by atoms with Crippen LogP contribution in [0, 0.1) is 19.7 Å². The number of carbonyl (C=O) groups excluding carboxylic acids is 1. The zero-order chi connectivity index (χ0) is 17.1. The third-order valence-corrected chi connectivity index (χ3v) is 3.48. The maximum atomic E-state index is 13.9. The van der Waals surface area contributed by atoms with Crippen molar-refractivity contribution in [1.29, 1.82) is 0 Å². The first kappa shape index (κ1) is 15.8. The van der Waals surface area contributed by atoms with E-state index in [0.717, 1.165) is 11.1 Å². The fourth-order valence-electron chi connectivity index (χ4n) is 2.15. The number of halogens is 1. The molecule has 0 saturated carbocycles. The van der Waals surface area contributed by atoms with Crippen molar-refractivity contribution in [3.8, 4) is 17.1 Å². The molecule has 0 radical (unpaired) electrons. The third kappa shape index (κ3) is 3.46. The van der Waals surface area contributed by atoms with E-state index in [1.165, 1.54) is 18.5 Å². The maximum absolute atomic E-state index is 13.9. The molecule has 0 N–H and O–H groups in total. The summed E-state index contributed by atoms with van der Waals surface area (Å²) >= 11 is 0. The van der Waals surface area contributed by atoms with Gasteiger partial charge in [0.25, 0.3) is 0 Å². The van der Waals surface area contributed by atoms with Crippen molar-refractivity contribution in [2.24, 2.45) is 0 Å². The van der Waals surface area contributed by atoms with Crippen molar-refractivity contribution in [1.82, 2.24) is 9.97 Å². The summed E-state index contributed by atoms with van der Waals surface area (Å²) in [6, 6.07) is 11.9. The molecule has 4 nitrogen and oxygen atoms in total. The molecule has 0 aliphatic rings. The molecule has 2 aromatic carbocycles. The molecular weight excluding hydrogens is 307 g/mol. The summed E-state index contributed by atoms with van der Waals surface area (Å²) in [6.45, 7) is 3.75. The SMILES string of the molecule is Cc1ccc(OC(=O)c2cnc(-c3ccc(C)cc3F)nc2)cc1. The third-order valence-electron chi connectivity index (χ3n) is 3.48. The fourth-order valence-corrected chi connectivity index (χ4v) is 2.15. The summed E-state index contributed by atoms with van der Waals surface area (Å²) in [4.78, 5) is 20.2. The summed E-state index contributed by atoms with van der Waals surface area (Å²) in [7, 11) is 0. The van der Waals surface area contributed by atoms with Gasteiger partial charge in [-0.2, -0.15) is 0 Å². The molecule has 0 aliphatic heterocycles. The van der Waals surface area contributed by atoms with Gasteiger partial charge in [0, 0.05) is 12.4 Å². The first-order chi connectivity index (χ1) is 11.5. The number of nitrogens with zero attached hydrogens (tertiary/aromatic N) is 2. The van der Waals surface area contributed by atoms with Gasteiger partial charge in [0.15, 0.2) is 5.82 Å². The minimum atomic E-state index is -0.560. The van der Waals surface area contributed by atoms with Crippen LogP contribution in [0.25, 0.3) is 11.4 Å². The molecule has 0 atom stereocenters. The lowest BCUT2D eigenvalue weighted by Crippen LogP contribution is -2.09. The standard InChI is InChI=1S/C19H15FN2O2/c1-12-3-6-15(7-4-12)24-19(23)14-10-21-18(22-11-14)16-8-5-13(2)9-17(16)20/h3-11H,1-2H3. The van der Waals surface area contributed by atoms with Crippen LogP contribution in [-0.4, -0.2) is 15.9 Å². The Hall–Kier alpha value is -3.08. The molecule has 0 aliphatic carbocycles. The average molecular weight is 322 g/mol. The van der Waals surface area contributed by atoms with Gasteiger partial charge in [-0.1, -0.05) is 23.8 Å². The first-order valence-electron chi connectivity index (χ1n) is 7.40. The predicted octanol–water partition coefficient (Wildman–Crippen LogP) is 4.12. The molecule has 0 unspecified atom stereocenters. The highest BCUT2D eigenvalue weighted by Gasteiger charge is 2.12. The Morgan fingerprint density at radius 1 is 0.958 bits per heavy atom. The highest BCUT2D eigenvalue weighted by Crippen LogP contribution is 2.20. The summed E-state index contributed by atoms with van der Waals surface area (Å²) in [6.07, 6.45) is 2.66. The van der Waals surface area contributed by atoms with Crippen LogP contribution in [0.5, 0.6) is 5.75 Å². The lowest BCUT2D eigenvalue weighted by atomic mass is 10.1. The van der Waals surface area contributed by atoms with Crippen LogP contribution in [0.15, 0.2) is 54.9 Å². The van der Waals surface area contributed by atoms with Gasteiger partial charge in [-0.25, -0.2) is 19.2 Å². The smallest absolute Gasteiger partial charge is 0.346 e. The molecule has 3 rings (SSSR count). The number of carbonyl (C=O) groups is 1. The number of ether oxygens (including phenoxy) is 1. The molecule has 1 aromatic heterocycles. The van der Waals surface area contributed by atoms with Crippen molar-refractivity contribution in [3.63, 3.8) is 0 Å². The Labute approximate surface area is 139 Å². The number of benzene rings is 2. The van der Waals surface area contributed by atoms with Gasteiger partial charge in [0.1, 0.15) is 11.6 Å². The van der Waals surface area contributed by atoms with E-state index in [9.17, 15) is 9.18 Å². The van der Waals surface area contributed by atoms with Crippen molar-refractivity contribution >= 4 is 5.97 Å². The topological polar surface area (TPSA) is 52.1 Å². The van der Waals surface area contributed by atoms with Crippen molar-refractivity contribution < 1.29 is 13.9 Å². The van der Waals surface area contributed by atoms with Gasteiger partial charge in [-0.15, -0.1) is 0 Å². The normalized spacial score (nSPS) is 10.5. The molecule has 24 heavy (non-hydrogen) atoms. The predicted molar refractivity (Wildman–Crippen MR) is 88.3 cm³/mol. The second-order valence-corrected chi connectivity index (χ2v) is 5.48. The number of hydrogen-bond donors (Lipinski definition) is 0. The highest BCUT2D eigenvalue weighted by molar-refractivity contribution is 5.90. The summed E-state index contributed by atoms with van der Waals surface area (Å²) < 4.78 is 19.2. The van der Waals surface area contributed by atoms with Crippen LogP contribution < -0.4 is 4.74 Å². The Kier molecular flexibility index (Phi) is 4.33. The monoisotopic (exact) mass is 322 g/mol. The van der Waals surface area contributed by atoms with Gasteiger partial charge in [-0.05, 0) is 43.7 Å². The Morgan fingerprint density at radius 2 is 1.58 bits per heavy atom. The summed E-state index contributed by atoms with van der Waals surface area (Å²) in [5.74, 6) is -0.293. The molecule has 0 spiro atoms. The van der Waals surface area contributed by atoms with Crippen molar-refractivity contribution in [2.45, 2.75) is 13.8 Å². The van der Waals surface area contributed by atoms with Crippen molar-refractivity contribution in [3.05, 3.63) is 77.4 Å². The molecule has 0 bridgehead atoms. The van der Waals surface area contributed by atoms with Crippen LogP contribution in [0.3, 0.4) is 0 Å². The average Bonchev–Trinajstić information content (AvgIpc) is 2.57. The van der Waals surface area contributed by atoms with Gasteiger partial charge in [-0.3, -0.25) is 0 Å². The molecule has 5 heteroatoms. The van der Waals surface area contributed by atoms with Crippen LogP contribution in [-0.2, 0) is 0 Å². The maximum Gasteiger partial charge on any atom is 0.346 e. The van der Waals surface area contributed by atoms with Crippen LogP contribution in [0.4, 0.5) is 4.39 Å². The van der Waals surface area contributed by atoms with E-state index < -0.39 is 11.8 Å². The lowest BCUT2D eigenvalue weighted by Gasteiger charge is -2.06. The van der Waals surface area contributed by atoms with Crippen LogP contribution >= 0.6 is 0 Å². The number of rotatable bonds is 3. The van der Waals surface area contributed by atoms with Gasteiger partial charge >= 0.3 is 5.97 Å². The zero-order valence-electron chi connectivity index (χ0n) is 13.3. The summed E-state index contributed by atoms with van der Waals surface area (Å²) in [5, 5.41) is 0. The number of aromatic nitrogens is 2. The van der Waals surface area contributed by atoms with E-state index in [2.05, 4.69) is 9.97 Å². The molecule has 0 fully saturated rings. The molecule has 0 saturated heterocycles. The Bertz CT molecular complexity index is 875. The lowest BCUT2D eigenvalue weighted by molar-refractivity contribution is 0.0734. The summed E-state index contributed by atoms with van der Waals surface area (Å²) in [5.41, 5.74) is 2.38. The van der Waals surface area contributed by atoms with Crippen molar-refractivity contribution in [2.75, 3.05) is 0 Å². The second kappa shape index (κ2) is 6.58. The van der Waals surface area contributed by atoms with E-state index in [-0.39, 0.29) is 11.4 Å². The number of esters is 1. The van der Waals surface area contributed by atoms with E-state index >= 15 is 0 Å². The zero-order valence-corrected chi connectivity index (χ0v) is 13.3. The molecule has 120 valence electrons. The quantitative estimate of drug-likeness (QED) is 0.538. The van der Waals surface area contributed by atoms with Gasteiger partial charge in [0.2, 0.25) is 0 Å². The Balaban J connectivity index is 1.78. The first-order valence-corrected chi connectivity index (χ1v) is 7.40.